The van der Waals surface area contributed by atoms with Crippen LogP contribution in [0.15, 0.2) is 67.4 Å². The zero-order chi connectivity index (χ0) is 19.2. The predicted octanol–water partition coefficient (Wildman–Crippen LogP) is 2.63. The Morgan fingerprint density at radius 2 is 1.75 bits per heavy atom. The highest BCUT2D eigenvalue weighted by Crippen LogP contribution is 2.13. The molecule has 0 aliphatic carbocycles. The van der Waals surface area contributed by atoms with Gasteiger partial charge in [0, 0.05) is 30.8 Å². The molecular formula is C21H20N6O. The molecule has 1 N–H and O–H groups in total. The largest absolute Gasteiger partial charge is 0.352 e. The van der Waals surface area contributed by atoms with Gasteiger partial charge in [0.1, 0.15) is 5.52 Å². The molecule has 7 nitrogen and oxygen atoms in total. The predicted molar refractivity (Wildman–Crippen MR) is 106 cm³/mol. The van der Waals surface area contributed by atoms with Gasteiger partial charge in [0.15, 0.2) is 5.65 Å². The number of aryl methyl sites for hydroxylation is 1. The monoisotopic (exact) mass is 372 g/mol. The summed E-state index contributed by atoms with van der Waals surface area (Å²) in [5.74, 6) is -0.144. The van der Waals surface area contributed by atoms with Crippen LogP contribution >= 0.6 is 0 Å². The molecule has 4 aromatic rings. The summed E-state index contributed by atoms with van der Waals surface area (Å²) in [5.41, 5.74) is 3.89. The topological polar surface area (TPSA) is 85.6 Å². The van der Waals surface area contributed by atoms with Crippen LogP contribution in [0.5, 0.6) is 0 Å². The minimum absolute atomic E-state index is 0.144. The summed E-state index contributed by atoms with van der Waals surface area (Å²) < 4.78 is 1.92. The number of fused-ring (bicyclic) bond motifs is 1. The van der Waals surface area contributed by atoms with E-state index in [1.807, 2.05) is 41.0 Å². The average molecular weight is 372 g/mol. The van der Waals surface area contributed by atoms with E-state index in [2.05, 4.69) is 25.3 Å². The van der Waals surface area contributed by atoms with Gasteiger partial charge < -0.3 is 9.88 Å². The number of aromatic nitrogens is 5. The third-order valence-corrected chi connectivity index (χ3v) is 4.40. The van der Waals surface area contributed by atoms with Gasteiger partial charge in [-0.1, -0.05) is 12.1 Å². The van der Waals surface area contributed by atoms with E-state index in [4.69, 9.17) is 0 Å². The summed E-state index contributed by atoms with van der Waals surface area (Å²) in [6.07, 6.45) is 8.52. The van der Waals surface area contributed by atoms with Gasteiger partial charge >= 0.3 is 0 Å². The minimum atomic E-state index is -0.144. The molecule has 7 heteroatoms. The van der Waals surface area contributed by atoms with Crippen molar-refractivity contribution in [3.8, 4) is 0 Å². The maximum absolute atomic E-state index is 12.4. The number of carbonyl (C=O) groups excluding carboxylic acids is 1. The van der Waals surface area contributed by atoms with Crippen LogP contribution in [0.4, 0.5) is 0 Å². The van der Waals surface area contributed by atoms with Crippen LogP contribution in [0.25, 0.3) is 11.2 Å². The molecule has 4 aromatic heterocycles. The highest BCUT2D eigenvalue weighted by molar-refractivity contribution is 5.96. The van der Waals surface area contributed by atoms with Crippen LogP contribution in [0.3, 0.4) is 0 Å². The fourth-order valence-electron chi connectivity index (χ4n) is 2.97. The number of amides is 1. The lowest BCUT2D eigenvalue weighted by Gasteiger charge is -2.06. The van der Waals surface area contributed by atoms with E-state index in [9.17, 15) is 4.79 Å². The smallest absolute Gasteiger partial charge is 0.252 e. The van der Waals surface area contributed by atoms with Crippen molar-refractivity contribution >= 4 is 17.1 Å². The summed E-state index contributed by atoms with van der Waals surface area (Å²) in [6, 6.07) is 13.4. The van der Waals surface area contributed by atoms with Crippen molar-refractivity contribution in [1.29, 1.82) is 0 Å². The van der Waals surface area contributed by atoms with Gasteiger partial charge in [-0.15, -0.1) is 0 Å². The Morgan fingerprint density at radius 1 is 0.964 bits per heavy atom. The fourth-order valence-corrected chi connectivity index (χ4v) is 2.97. The van der Waals surface area contributed by atoms with E-state index >= 15 is 0 Å². The fraction of sp³-hybridized carbons (Fsp3) is 0.190. The Morgan fingerprint density at radius 3 is 2.50 bits per heavy atom. The van der Waals surface area contributed by atoms with Crippen molar-refractivity contribution in [3.05, 3.63) is 84.3 Å². The summed E-state index contributed by atoms with van der Waals surface area (Å²) in [6.45, 7) is 1.17. The molecule has 0 spiro atoms. The molecule has 0 saturated heterocycles. The number of pyridine rings is 3. The zero-order valence-electron chi connectivity index (χ0n) is 15.3. The number of nitrogens with zero attached hydrogens (tertiary/aromatic N) is 5. The zero-order valence-corrected chi connectivity index (χ0v) is 15.3. The lowest BCUT2D eigenvalue weighted by Crippen LogP contribution is -2.25. The molecule has 4 rings (SSSR count). The van der Waals surface area contributed by atoms with Crippen LogP contribution in [-0.2, 0) is 13.0 Å². The lowest BCUT2D eigenvalue weighted by molar-refractivity contribution is 0.0953. The molecule has 0 radical (unpaired) electrons. The van der Waals surface area contributed by atoms with E-state index in [0.29, 0.717) is 24.2 Å². The Bertz CT molecular complexity index is 1060. The van der Waals surface area contributed by atoms with E-state index in [-0.39, 0.29) is 5.91 Å². The van der Waals surface area contributed by atoms with Gasteiger partial charge in [0.2, 0.25) is 0 Å². The van der Waals surface area contributed by atoms with E-state index in [1.165, 1.54) is 0 Å². The molecule has 0 aliphatic heterocycles. The summed E-state index contributed by atoms with van der Waals surface area (Å²) in [7, 11) is 0. The summed E-state index contributed by atoms with van der Waals surface area (Å²) in [4.78, 5) is 29.8. The highest BCUT2D eigenvalue weighted by Gasteiger charge is 2.11. The molecule has 0 aromatic carbocycles. The average Bonchev–Trinajstić information content (AvgIpc) is 3.14. The number of nitrogens with one attached hydrogen (secondary N) is 1. The van der Waals surface area contributed by atoms with Crippen LogP contribution in [0, 0.1) is 0 Å². The highest BCUT2D eigenvalue weighted by atomic mass is 16.1. The van der Waals surface area contributed by atoms with Crippen molar-refractivity contribution in [1.82, 2.24) is 29.8 Å². The van der Waals surface area contributed by atoms with E-state index < -0.39 is 0 Å². The Balaban J connectivity index is 1.37. The van der Waals surface area contributed by atoms with Crippen LogP contribution in [0.2, 0.25) is 0 Å². The molecule has 0 unspecified atom stereocenters. The molecule has 28 heavy (non-hydrogen) atoms. The summed E-state index contributed by atoms with van der Waals surface area (Å²) >= 11 is 0. The lowest BCUT2D eigenvalue weighted by atomic mass is 10.2. The number of imidazole rings is 1. The van der Waals surface area contributed by atoms with Crippen LogP contribution in [-0.4, -0.2) is 37.0 Å². The van der Waals surface area contributed by atoms with Gasteiger partial charge in [-0.2, -0.15) is 0 Å². The van der Waals surface area contributed by atoms with Crippen molar-refractivity contribution in [2.45, 2.75) is 19.4 Å². The van der Waals surface area contributed by atoms with Gasteiger partial charge in [0.05, 0.1) is 24.1 Å². The van der Waals surface area contributed by atoms with Gasteiger partial charge in [-0.3, -0.25) is 14.8 Å². The quantitative estimate of drug-likeness (QED) is 0.504. The second kappa shape index (κ2) is 8.39. The Hall–Kier alpha value is -3.61. The van der Waals surface area contributed by atoms with Crippen LogP contribution in [0.1, 0.15) is 28.2 Å². The molecule has 1 amide bonds. The Kier molecular flexibility index (Phi) is 5.33. The molecule has 0 fully saturated rings. The maximum Gasteiger partial charge on any atom is 0.252 e. The van der Waals surface area contributed by atoms with Crippen molar-refractivity contribution in [2.24, 2.45) is 0 Å². The maximum atomic E-state index is 12.4. The molecule has 140 valence electrons. The number of hydrogen-bond acceptors (Lipinski definition) is 5. The van der Waals surface area contributed by atoms with E-state index in [0.717, 1.165) is 29.9 Å². The number of hydrogen-bond donors (Lipinski definition) is 1. The second-order valence-corrected chi connectivity index (χ2v) is 6.44. The molecule has 0 bridgehead atoms. The normalized spacial score (nSPS) is 10.9. The molecule has 0 saturated carbocycles. The van der Waals surface area contributed by atoms with Crippen molar-refractivity contribution in [2.75, 3.05) is 6.54 Å². The SMILES string of the molecule is O=C(NCCCc1ccccn1)c1cnc2c(c1)ncn2Cc1ccccn1. The first-order valence-corrected chi connectivity index (χ1v) is 9.18. The third kappa shape index (κ3) is 4.20. The first kappa shape index (κ1) is 17.8. The summed E-state index contributed by atoms with van der Waals surface area (Å²) in [5, 5.41) is 2.93. The van der Waals surface area contributed by atoms with E-state index in [1.54, 1.807) is 31.0 Å². The second-order valence-electron chi connectivity index (χ2n) is 6.44. The minimum Gasteiger partial charge on any atom is -0.352 e. The van der Waals surface area contributed by atoms with Crippen molar-refractivity contribution in [3.63, 3.8) is 0 Å². The number of rotatable bonds is 7. The van der Waals surface area contributed by atoms with Gasteiger partial charge in [0.25, 0.3) is 5.91 Å². The molecule has 4 heterocycles. The van der Waals surface area contributed by atoms with Gasteiger partial charge in [-0.25, -0.2) is 9.97 Å². The van der Waals surface area contributed by atoms with Crippen molar-refractivity contribution < 1.29 is 4.79 Å². The standard InChI is InChI=1S/C21H20N6O/c28-21(24-11-5-8-17-6-1-3-9-22-17)16-12-19-20(25-13-16)27(15-26-19)14-18-7-2-4-10-23-18/h1-4,6-7,9-10,12-13,15H,5,8,11,14H2,(H,24,28). The molecule has 0 aliphatic rings. The van der Waals surface area contributed by atoms with Gasteiger partial charge in [-0.05, 0) is 43.2 Å². The molecule has 0 atom stereocenters. The Labute approximate surface area is 162 Å². The third-order valence-electron chi connectivity index (χ3n) is 4.40. The molecular weight excluding hydrogens is 352 g/mol. The van der Waals surface area contributed by atoms with Crippen LogP contribution < -0.4 is 5.32 Å². The number of carbonyl (C=O) groups is 1. The first-order valence-electron chi connectivity index (χ1n) is 9.18. The first-order chi connectivity index (χ1) is 13.8.